The molecule has 2 amide bonds. The van der Waals surface area contributed by atoms with E-state index in [4.69, 9.17) is 0 Å². The first-order valence-corrected chi connectivity index (χ1v) is 11.7. The topological polar surface area (TPSA) is 108 Å². The summed E-state index contributed by atoms with van der Waals surface area (Å²) in [4.78, 5) is 41.5. The van der Waals surface area contributed by atoms with Gasteiger partial charge in [0.2, 0.25) is 0 Å². The minimum Gasteiger partial charge on any atom is -0.480 e. The maximum absolute atomic E-state index is 13.1. The summed E-state index contributed by atoms with van der Waals surface area (Å²) in [6, 6.07) is 14.7. The Morgan fingerprint density at radius 1 is 1.03 bits per heavy atom. The number of pyridine rings is 1. The summed E-state index contributed by atoms with van der Waals surface area (Å²) in [5, 5.41) is 14.9. The largest absolute Gasteiger partial charge is 0.480 e. The van der Waals surface area contributed by atoms with E-state index in [0.29, 0.717) is 34.6 Å². The number of carbonyl (C=O) groups excluding carboxylic acids is 2. The lowest BCUT2D eigenvalue weighted by Crippen LogP contribution is -2.41. The minimum absolute atomic E-state index is 0.303. The Morgan fingerprint density at radius 3 is 2.48 bits per heavy atom. The zero-order valence-corrected chi connectivity index (χ0v) is 19.2. The molecule has 1 heterocycles. The highest BCUT2D eigenvalue weighted by Gasteiger charge is 2.23. The lowest BCUT2D eigenvalue weighted by molar-refractivity contribution is -0.139. The van der Waals surface area contributed by atoms with Crippen LogP contribution in [-0.4, -0.2) is 45.9 Å². The van der Waals surface area contributed by atoms with Crippen molar-refractivity contribution in [2.24, 2.45) is 0 Å². The Labute approximate surface area is 196 Å². The lowest BCUT2D eigenvalue weighted by atomic mass is 9.93. The fourth-order valence-corrected chi connectivity index (χ4v) is 3.82. The summed E-state index contributed by atoms with van der Waals surface area (Å²) < 4.78 is 0. The van der Waals surface area contributed by atoms with E-state index in [1.54, 1.807) is 42.7 Å². The first-order chi connectivity index (χ1) is 15.9. The molecule has 3 rings (SSSR count). The van der Waals surface area contributed by atoms with E-state index in [0.717, 1.165) is 11.1 Å². The number of amides is 2. The molecule has 0 saturated heterocycles. The van der Waals surface area contributed by atoms with Crippen molar-refractivity contribution in [1.82, 2.24) is 10.3 Å². The van der Waals surface area contributed by atoms with Crippen LogP contribution in [0.15, 0.2) is 67.0 Å². The van der Waals surface area contributed by atoms with E-state index in [2.05, 4.69) is 15.6 Å². The van der Waals surface area contributed by atoms with Crippen LogP contribution >= 0.6 is 11.8 Å². The number of thioether (sulfide) groups is 1. The van der Waals surface area contributed by atoms with Crippen LogP contribution in [0.5, 0.6) is 0 Å². The highest BCUT2D eigenvalue weighted by atomic mass is 32.2. The van der Waals surface area contributed by atoms with Crippen molar-refractivity contribution < 1.29 is 19.5 Å². The average Bonchev–Trinajstić information content (AvgIpc) is 2.82. The molecule has 0 radical (unpaired) electrons. The molecule has 8 heteroatoms. The Balaban J connectivity index is 1.97. The van der Waals surface area contributed by atoms with Crippen LogP contribution in [0.3, 0.4) is 0 Å². The van der Waals surface area contributed by atoms with Crippen LogP contribution in [-0.2, 0) is 4.79 Å². The van der Waals surface area contributed by atoms with Crippen molar-refractivity contribution in [3.63, 3.8) is 0 Å². The molecule has 2 aromatic carbocycles. The van der Waals surface area contributed by atoms with Crippen molar-refractivity contribution in [3.05, 3.63) is 83.7 Å². The first kappa shape index (κ1) is 24.0. The first-order valence-electron chi connectivity index (χ1n) is 10.3. The van der Waals surface area contributed by atoms with Gasteiger partial charge >= 0.3 is 5.97 Å². The third-order valence-corrected chi connectivity index (χ3v) is 5.74. The van der Waals surface area contributed by atoms with E-state index in [1.165, 1.54) is 11.8 Å². The Morgan fingerprint density at radius 2 is 1.82 bits per heavy atom. The lowest BCUT2D eigenvalue weighted by Gasteiger charge is -2.17. The molecule has 1 aromatic heterocycles. The van der Waals surface area contributed by atoms with Crippen LogP contribution in [0, 0.1) is 6.92 Å². The smallest absolute Gasteiger partial charge is 0.326 e. The molecule has 0 saturated carbocycles. The number of benzene rings is 2. The third kappa shape index (κ3) is 6.20. The number of nitrogens with one attached hydrogen (secondary N) is 2. The van der Waals surface area contributed by atoms with Gasteiger partial charge in [-0.15, -0.1) is 0 Å². The number of aliphatic carboxylic acids is 1. The highest BCUT2D eigenvalue weighted by Crippen LogP contribution is 2.28. The fourth-order valence-electron chi connectivity index (χ4n) is 3.35. The quantitative estimate of drug-likeness (QED) is 0.438. The molecule has 3 N–H and O–H groups in total. The molecule has 0 fully saturated rings. The molecule has 33 heavy (non-hydrogen) atoms. The standard InChI is InChI=1S/C25H25N3O4S/c1-16-6-3-4-8-19(16)21-14-17(23(29)27-18-7-5-12-26-15-18)9-10-20(21)24(30)28-22(25(31)32)11-13-33-2/h3-10,12,14-15,22H,11,13H2,1-2H3,(H,27,29)(H,28,30)(H,31,32)/t22-/m0/s1. The van der Waals surface area contributed by atoms with Crippen molar-refractivity contribution >= 4 is 35.2 Å². The van der Waals surface area contributed by atoms with Gasteiger partial charge in [0.15, 0.2) is 0 Å². The summed E-state index contributed by atoms with van der Waals surface area (Å²) >= 11 is 1.51. The minimum atomic E-state index is -1.08. The molecule has 7 nitrogen and oxygen atoms in total. The molecule has 0 aliphatic rings. The van der Waals surface area contributed by atoms with Gasteiger partial charge < -0.3 is 15.7 Å². The van der Waals surface area contributed by atoms with Crippen LogP contribution < -0.4 is 10.6 Å². The second-order valence-corrected chi connectivity index (χ2v) is 8.40. The second kappa shape index (κ2) is 11.3. The highest BCUT2D eigenvalue weighted by molar-refractivity contribution is 7.98. The number of hydrogen-bond acceptors (Lipinski definition) is 5. The molecular formula is C25H25N3O4S. The molecule has 3 aromatic rings. The maximum atomic E-state index is 13.1. The van der Waals surface area contributed by atoms with Crippen LogP contribution in [0.2, 0.25) is 0 Å². The molecule has 170 valence electrons. The Hall–Kier alpha value is -3.65. The monoisotopic (exact) mass is 463 g/mol. The zero-order chi connectivity index (χ0) is 23.8. The molecule has 0 spiro atoms. The van der Waals surface area contributed by atoms with Gasteiger partial charge in [0.25, 0.3) is 11.8 Å². The maximum Gasteiger partial charge on any atom is 0.326 e. The van der Waals surface area contributed by atoms with Gasteiger partial charge in [0.05, 0.1) is 11.9 Å². The number of carbonyl (C=O) groups is 3. The van der Waals surface area contributed by atoms with Gasteiger partial charge in [-0.05, 0) is 72.4 Å². The summed E-state index contributed by atoms with van der Waals surface area (Å²) in [5.41, 5.74) is 3.49. The van der Waals surface area contributed by atoms with Crippen LogP contribution in [0.1, 0.15) is 32.7 Å². The van der Waals surface area contributed by atoms with E-state index >= 15 is 0 Å². The summed E-state index contributed by atoms with van der Waals surface area (Å²) in [6.45, 7) is 1.91. The fraction of sp³-hybridized carbons (Fsp3) is 0.200. The van der Waals surface area contributed by atoms with E-state index in [1.807, 2.05) is 37.4 Å². The van der Waals surface area contributed by atoms with Crippen molar-refractivity contribution in [3.8, 4) is 11.1 Å². The molecule has 0 unspecified atom stereocenters. The Kier molecular flexibility index (Phi) is 8.21. The summed E-state index contributed by atoms with van der Waals surface area (Å²) in [6.07, 6.45) is 5.35. The van der Waals surface area contributed by atoms with Crippen LogP contribution in [0.25, 0.3) is 11.1 Å². The molecule has 0 aliphatic heterocycles. The van der Waals surface area contributed by atoms with Gasteiger partial charge in [-0.25, -0.2) is 4.79 Å². The van der Waals surface area contributed by atoms with E-state index < -0.39 is 17.9 Å². The molecule has 0 aliphatic carbocycles. The predicted molar refractivity (Wildman–Crippen MR) is 131 cm³/mol. The number of rotatable bonds is 9. The number of aromatic nitrogens is 1. The number of carboxylic acids is 1. The molecule has 1 atom stereocenters. The third-order valence-electron chi connectivity index (χ3n) is 5.10. The van der Waals surface area contributed by atoms with Gasteiger partial charge in [-0.1, -0.05) is 24.3 Å². The number of carboxylic acid groups (broad SMARTS) is 1. The SMILES string of the molecule is CSCC[C@H](NC(=O)c1ccc(C(=O)Nc2cccnc2)cc1-c1ccccc1C)C(=O)O. The van der Waals surface area contributed by atoms with Crippen molar-refractivity contribution in [2.75, 3.05) is 17.3 Å². The average molecular weight is 464 g/mol. The number of aryl methyl sites for hydroxylation is 1. The van der Waals surface area contributed by atoms with Gasteiger partial charge in [0, 0.05) is 17.3 Å². The summed E-state index contributed by atoms with van der Waals surface area (Å²) in [5.74, 6) is -1.31. The van der Waals surface area contributed by atoms with E-state index in [9.17, 15) is 19.5 Å². The van der Waals surface area contributed by atoms with E-state index in [-0.39, 0.29) is 5.91 Å². The molecule has 0 bridgehead atoms. The Bertz CT molecular complexity index is 1150. The number of nitrogens with zero attached hydrogens (tertiary/aromatic N) is 1. The second-order valence-electron chi connectivity index (χ2n) is 7.42. The predicted octanol–water partition coefficient (Wildman–Crippen LogP) is 4.25. The van der Waals surface area contributed by atoms with Crippen molar-refractivity contribution in [1.29, 1.82) is 0 Å². The number of hydrogen-bond donors (Lipinski definition) is 3. The molecular weight excluding hydrogens is 438 g/mol. The van der Waals surface area contributed by atoms with Crippen LogP contribution in [0.4, 0.5) is 5.69 Å². The van der Waals surface area contributed by atoms with Gasteiger partial charge in [0.1, 0.15) is 6.04 Å². The zero-order valence-electron chi connectivity index (χ0n) is 18.4. The van der Waals surface area contributed by atoms with Crippen molar-refractivity contribution in [2.45, 2.75) is 19.4 Å². The normalized spacial score (nSPS) is 11.5. The summed E-state index contributed by atoms with van der Waals surface area (Å²) in [7, 11) is 0. The number of anilines is 1. The van der Waals surface area contributed by atoms with Gasteiger partial charge in [-0.3, -0.25) is 14.6 Å². The van der Waals surface area contributed by atoms with Gasteiger partial charge in [-0.2, -0.15) is 11.8 Å².